The molecule has 0 aliphatic heterocycles. The number of nitrogens with zero attached hydrogens (tertiary/aromatic N) is 6. The number of thiazole rings is 1. The normalized spacial score (nSPS) is 10.8. The molecular weight excluding hydrogens is 326 g/mol. The van der Waals surface area contributed by atoms with Gasteiger partial charge < -0.3 is 5.32 Å². The van der Waals surface area contributed by atoms with Crippen molar-refractivity contribution in [1.29, 1.82) is 0 Å². The molecule has 0 aliphatic rings. The molecular formula is C15H11N7OS. The fourth-order valence-electron chi connectivity index (χ4n) is 2.19. The van der Waals surface area contributed by atoms with Gasteiger partial charge in [0.1, 0.15) is 0 Å². The van der Waals surface area contributed by atoms with Crippen LogP contribution in [0.5, 0.6) is 0 Å². The second-order valence-electron chi connectivity index (χ2n) is 4.92. The first-order valence-electron chi connectivity index (χ1n) is 7.11. The lowest BCUT2D eigenvalue weighted by atomic mass is 10.2. The van der Waals surface area contributed by atoms with Crippen LogP contribution in [0.4, 0.5) is 5.69 Å². The second-order valence-corrected chi connectivity index (χ2v) is 5.81. The van der Waals surface area contributed by atoms with Crippen molar-refractivity contribution in [3.8, 4) is 10.8 Å². The molecule has 4 aromatic rings. The van der Waals surface area contributed by atoms with Crippen LogP contribution in [0.3, 0.4) is 0 Å². The summed E-state index contributed by atoms with van der Waals surface area (Å²) in [5.74, 6) is 0.410. The third-order valence-corrected chi connectivity index (χ3v) is 4.02. The summed E-state index contributed by atoms with van der Waals surface area (Å²) in [6, 6.07) is 7.01. The van der Waals surface area contributed by atoms with Crippen molar-refractivity contribution < 1.29 is 4.79 Å². The number of anilines is 1. The zero-order chi connectivity index (χ0) is 16.4. The molecule has 24 heavy (non-hydrogen) atoms. The van der Waals surface area contributed by atoms with Crippen molar-refractivity contribution in [2.24, 2.45) is 0 Å². The van der Waals surface area contributed by atoms with Gasteiger partial charge >= 0.3 is 0 Å². The highest BCUT2D eigenvalue weighted by Crippen LogP contribution is 2.19. The lowest BCUT2D eigenvalue weighted by Crippen LogP contribution is -2.16. The number of carbonyl (C=O) groups is 1. The van der Waals surface area contributed by atoms with Gasteiger partial charge in [-0.1, -0.05) is 0 Å². The maximum atomic E-state index is 12.1. The Bertz CT molecular complexity index is 982. The van der Waals surface area contributed by atoms with Gasteiger partial charge in [-0.05, 0) is 24.3 Å². The summed E-state index contributed by atoms with van der Waals surface area (Å²) in [7, 11) is 0. The van der Waals surface area contributed by atoms with E-state index in [0.29, 0.717) is 22.9 Å². The lowest BCUT2D eigenvalue weighted by Gasteiger charge is -2.05. The average molecular weight is 337 g/mol. The highest BCUT2D eigenvalue weighted by Gasteiger charge is 2.13. The van der Waals surface area contributed by atoms with Gasteiger partial charge in [0.25, 0.3) is 0 Å². The molecule has 4 aromatic heterocycles. The van der Waals surface area contributed by atoms with Gasteiger partial charge in [0.05, 0.1) is 12.1 Å². The van der Waals surface area contributed by atoms with E-state index in [2.05, 4.69) is 30.6 Å². The Morgan fingerprint density at radius 2 is 2.00 bits per heavy atom. The summed E-state index contributed by atoms with van der Waals surface area (Å²) in [6.45, 7) is 0. The molecule has 0 fully saturated rings. The van der Waals surface area contributed by atoms with E-state index in [-0.39, 0.29) is 12.3 Å². The lowest BCUT2D eigenvalue weighted by molar-refractivity contribution is -0.115. The van der Waals surface area contributed by atoms with Crippen molar-refractivity contribution in [1.82, 2.24) is 29.8 Å². The highest BCUT2D eigenvalue weighted by molar-refractivity contribution is 7.13. The molecule has 4 heterocycles. The maximum Gasteiger partial charge on any atom is 0.230 e. The minimum absolute atomic E-state index is 0.147. The van der Waals surface area contributed by atoms with Crippen molar-refractivity contribution in [2.45, 2.75) is 6.42 Å². The number of aromatic nitrogens is 6. The molecule has 0 spiro atoms. The first-order valence-corrected chi connectivity index (χ1v) is 7.98. The van der Waals surface area contributed by atoms with Crippen LogP contribution in [-0.2, 0) is 11.2 Å². The first kappa shape index (κ1) is 14.4. The number of pyridine rings is 1. The van der Waals surface area contributed by atoms with Crippen LogP contribution in [0.1, 0.15) is 5.69 Å². The standard InChI is InChI=1S/C15H11N7OS/c23-13(18-10-3-5-16-6-4-10)9-11-1-2-12-19-20-14(22(12)21-11)15-17-7-8-24-15/h1-8H,9H2,(H,16,18,23). The Labute approximate surface area is 140 Å². The van der Waals surface area contributed by atoms with Crippen LogP contribution in [0.15, 0.2) is 48.2 Å². The maximum absolute atomic E-state index is 12.1. The average Bonchev–Trinajstić information content (AvgIpc) is 3.24. The van der Waals surface area contributed by atoms with E-state index in [1.165, 1.54) is 11.3 Å². The predicted molar refractivity (Wildman–Crippen MR) is 88.5 cm³/mol. The summed E-state index contributed by atoms with van der Waals surface area (Å²) in [5.41, 5.74) is 1.93. The smallest absolute Gasteiger partial charge is 0.230 e. The van der Waals surface area contributed by atoms with E-state index in [9.17, 15) is 4.79 Å². The third-order valence-electron chi connectivity index (χ3n) is 3.25. The molecule has 1 amide bonds. The molecule has 0 radical (unpaired) electrons. The molecule has 0 saturated carbocycles. The van der Waals surface area contributed by atoms with Crippen LogP contribution < -0.4 is 5.32 Å². The number of hydrogen-bond acceptors (Lipinski definition) is 7. The highest BCUT2D eigenvalue weighted by atomic mass is 32.1. The molecule has 118 valence electrons. The largest absolute Gasteiger partial charge is 0.326 e. The number of rotatable bonds is 4. The minimum atomic E-state index is -0.156. The van der Waals surface area contributed by atoms with E-state index < -0.39 is 0 Å². The van der Waals surface area contributed by atoms with E-state index in [4.69, 9.17) is 0 Å². The molecule has 8 nitrogen and oxygen atoms in total. The van der Waals surface area contributed by atoms with Crippen molar-refractivity contribution in [2.75, 3.05) is 5.32 Å². The summed E-state index contributed by atoms with van der Waals surface area (Å²) >= 11 is 1.46. The van der Waals surface area contributed by atoms with Crippen LogP contribution in [0.2, 0.25) is 0 Å². The summed E-state index contributed by atoms with van der Waals surface area (Å²) in [6.07, 6.45) is 5.09. The van der Waals surface area contributed by atoms with Crippen LogP contribution in [0.25, 0.3) is 16.5 Å². The van der Waals surface area contributed by atoms with Crippen molar-refractivity contribution in [3.63, 3.8) is 0 Å². The van der Waals surface area contributed by atoms with Gasteiger partial charge in [-0.2, -0.15) is 9.61 Å². The van der Waals surface area contributed by atoms with E-state index in [1.807, 2.05) is 5.38 Å². The number of fused-ring (bicyclic) bond motifs is 1. The van der Waals surface area contributed by atoms with E-state index in [1.54, 1.807) is 47.4 Å². The van der Waals surface area contributed by atoms with Crippen LogP contribution >= 0.6 is 11.3 Å². The molecule has 0 aliphatic carbocycles. The third kappa shape index (κ3) is 2.84. The van der Waals surface area contributed by atoms with Gasteiger partial charge in [-0.15, -0.1) is 21.5 Å². The van der Waals surface area contributed by atoms with E-state index in [0.717, 1.165) is 5.01 Å². The van der Waals surface area contributed by atoms with Crippen molar-refractivity contribution >= 4 is 28.6 Å². The zero-order valence-corrected chi connectivity index (χ0v) is 13.1. The second kappa shape index (κ2) is 6.13. The minimum Gasteiger partial charge on any atom is -0.326 e. The molecule has 0 saturated heterocycles. The fraction of sp³-hybridized carbons (Fsp3) is 0.0667. The molecule has 0 unspecified atom stereocenters. The molecule has 0 atom stereocenters. The zero-order valence-electron chi connectivity index (χ0n) is 12.3. The van der Waals surface area contributed by atoms with Gasteiger partial charge in [0, 0.05) is 29.7 Å². The van der Waals surface area contributed by atoms with Crippen LogP contribution in [-0.4, -0.2) is 35.7 Å². The topological polar surface area (TPSA) is 98.0 Å². The Morgan fingerprint density at radius 3 is 2.79 bits per heavy atom. The molecule has 0 bridgehead atoms. The predicted octanol–water partition coefficient (Wildman–Crippen LogP) is 1.82. The quantitative estimate of drug-likeness (QED) is 0.610. The molecule has 1 N–H and O–H groups in total. The fourth-order valence-corrected chi connectivity index (χ4v) is 2.80. The molecule has 9 heteroatoms. The van der Waals surface area contributed by atoms with Gasteiger partial charge in [0.2, 0.25) is 11.7 Å². The summed E-state index contributed by atoms with van der Waals surface area (Å²) in [5, 5.41) is 18.0. The Morgan fingerprint density at radius 1 is 1.12 bits per heavy atom. The number of hydrogen-bond donors (Lipinski definition) is 1. The molecule has 4 rings (SSSR count). The van der Waals surface area contributed by atoms with Gasteiger partial charge in [-0.3, -0.25) is 9.78 Å². The Hall–Kier alpha value is -3.20. The van der Waals surface area contributed by atoms with Gasteiger partial charge in [0.15, 0.2) is 10.7 Å². The number of nitrogens with one attached hydrogen (secondary N) is 1. The Kier molecular flexibility index (Phi) is 3.67. The summed E-state index contributed by atoms with van der Waals surface area (Å²) in [4.78, 5) is 20.3. The first-order chi connectivity index (χ1) is 11.8. The molecule has 0 aromatic carbocycles. The van der Waals surface area contributed by atoms with Crippen molar-refractivity contribution in [3.05, 3.63) is 53.9 Å². The van der Waals surface area contributed by atoms with Gasteiger partial charge in [-0.25, -0.2) is 4.98 Å². The summed E-state index contributed by atoms with van der Waals surface area (Å²) < 4.78 is 1.61. The SMILES string of the molecule is O=C(Cc1ccc2nnc(-c3nccs3)n2n1)Nc1ccncc1. The number of amides is 1. The van der Waals surface area contributed by atoms with E-state index >= 15 is 0 Å². The Balaban J connectivity index is 1.58. The monoisotopic (exact) mass is 337 g/mol. The van der Waals surface area contributed by atoms with Crippen LogP contribution in [0, 0.1) is 0 Å². The number of carbonyl (C=O) groups excluding carboxylic acids is 1.